The summed E-state index contributed by atoms with van der Waals surface area (Å²) in [5.41, 5.74) is 2.21. The van der Waals surface area contributed by atoms with Gasteiger partial charge in [-0.05, 0) is 54.1 Å². The predicted molar refractivity (Wildman–Crippen MR) is 116 cm³/mol. The first-order valence-electron chi connectivity index (χ1n) is 9.84. The van der Waals surface area contributed by atoms with Crippen LogP contribution >= 0.6 is 0 Å². The largest absolute Gasteiger partial charge is 0.454 e. The highest BCUT2D eigenvalue weighted by Gasteiger charge is 2.16. The maximum Gasteiger partial charge on any atom is 0.308 e. The van der Waals surface area contributed by atoms with Gasteiger partial charge in [-0.25, -0.2) is 0 Å². The monoisotopic (exact) mass is 432 g/mol. The van der Waals surface area contributed by atoms with Crippen LogP contribution in [0.2, 0.25) is 0 Å². The highest BCUT2D eigenvalue weighted by Crippen LogP contribution is 2.32. The van der Waals surface area contributed by atoms with Crippen molar-refractivity contribution in [2.45, 2.75) is 13.5 Å². The van der Waals surface area contributed by atoms with Crippen molar-refractivity contribution in [3.8, 4) is 17.2 Å². The van der Waals surface area contributed by atoms with Gasteiger partial charge in [-0.1, -0.05) is 18.2 Å². The topological polar surface area (TPSA) is 103 Å². The first-order valence-corrected chi connectivity index (χ1v) is 9.84. The molecule has 3 aromatic carbocycles. The van der Waals surface area contributed by atoms with Gasteiger partial charge in [0.1, 0.15) is 5.75 Å². The molecule has 1 aliphatic rings. The molecule has 0 aliphatic carbocycles. The van der Waals surface area contributed by atoms with Crippen molar-refractivity contribution < 1.29 is 28.6 Å². The highest BCUT2D eigenvalue weighted by molar-refractivity contribution is 6.04. The summed E-state index contributed by atoms with van der Waals surface area (Å²) in [4.78, 5) is 36.1. The second-order valence-electron chi connectivity index (χ2n) is 7.03. The molecule has 8 nitrogen and oxygen atoms in total. The Hall–Kier alpha value is -4.33. The lowest BCUT2D eigenvalue weighted by Crippen LogP contribution is -2.23. The number of carbonyl (C=O) groups is 3. The fraction of sp³-hybridized carbons (Fsp3) is 0.125. The van der Waals surface area contributed by atoms with Gasteiger partial charge in [0.05, 0.1) is 0 Å². The van der Waals surface area contributed by atoms with Gasteiger partial charge in [-0.15, -0.1) is 0 Å². The molecule has 32 heavy (non-hydrogen) atoms. The second kappa shape index (κ2) is 9.22. The zero-order valence-electron chi connectivity index (χ0n) is 17.2. The van der Waals surface area contributed by atoms with Crippen molar-refractivity contribution in [1.29, 1.82) is 0 Å². The van der Waals surface area contributed by atoms with E-state index in [1.807, 2.05) is 6.07 Å². The summed E-state index contributed by atoms with van der Waals surface area (Å²) < 4.78 is 15.6. The molecule has 162 valence electrons. The molecule has 0 atom stereocenters. The third-order valence-corrected chi connectivity index (χ3v) is 4.63. The Labute approximate surface area is 184 Å². The number of ether oxygens (including phenoxy) is 3. The average molecular weight is 432 g/mol. The molecule has 0 aromatic heterocycles. The molecule has 1 heterocycles. The van der Waals surface area contributed by atoms with E-state index in [4.69, 9.17) is 14.2 Å². The van der Waals surface area contributed by atoms with Crippen molar-refractivity contribution >= 4 is 23.5 Å². The molecule has 0 spiro atoms. The molecule has 2 amide bonds. The summed E-state index contributed by atoms with van der Waals surface area (Å²) in [6.45, 7) is 1.69. The van der Waals surface area contributed by atoms with Gasteiger partial charge < -0.3 is 24.8 Å². The number of fused-ring (bicyclic) bond motifs is 1. The van der Waals surface area contributed by atoms with Gasteiger partial charge in [0, 0.05) is 30.3 Å². The Kier molecular flexibility index (Phi) is 6.03. The number of hydrogen-bond acceptors (Lipinski definition) is 6. The van der Waals surface area contributed by atoms with E-state index in [2.05, 4.69) is 10.6 Å². The molecule has 0 unspecified atom stereocenters. The number of hydrogen-bond donors (Lipinski definition) is 2. The third-order valence-electron chi connectivity index (χ3n) is 4.63. The lowest BCUT2D eigenvalue weighted by atomic mass is 10.1. The standard InChI is InChI=1S/C24H20N2O6/c1-15(27)32-20-7-3-5-17(11-20)23(28)25-13-16-4-2-6-19(10-16)26-24(29)18-8-9-21-22(12-18)31-14-30-21/h2-12H,13-14H2,1H3,(H,25,28)(H,26,29). The van der Waals surface area contributed by atoms with Crippen LogP contribution in [0.3, 0.4) is 0 Å². The van der Waals surface area contributed by atoms with Crippen molar-refractivity contribution in [3.63, 3.8) is 0 Å². The Balaban J connectivity index is 1.37. The van der Waals surface area contributed by atoms with E-state index >= 15 is 0 Å². The van der Waals surface area contributed by atoms with Crippen LogP contribution in [0.1, 0.15) is 33.2 Å². The van der Waals surface area contributed by atoms with E-state index in [1.165, 1.54) is 13.0 Å². The van der Waals surface area contributed by atoms with Gasteiger partial charge in [0.25, 0.3) is 11.8 Å². The summed E-state index contributed by atoms with van der Waals surface area (Å²) in [7, 11) is 0. The maximum atomic E-state index is 12.6. The van der Waals surface area contributed by atoms with Crippen LogP contribution in [0.25, 0.3) is 0 Å². The van der Waals surface area contributed by atoms with E-state index in [9.17, 15) is 14.4 Å². The molecule has 0 radical (unpaired) electrons. The van der Waals surface area contributed by atoms with Crippen LogP contribution in [0.5, 0.6) is 17.2 Å². The van der Waals surface area contributed by atoms with Gasteiger partial charge in [-0.3, -0.25) is 14.4 Å². The smallest absolute Gasteiger partial charge is 0.308 e. The number of nitrogens with one attached hydrogen (secondary N) is 2. The molecule has 4 rings (SSSR count). The number of esters is 1. The van der Waals surface area contributed by atoms with Crippen LogP contribution in [0.15, 0.2) is 66.7 Å². The quantitative estimate of drug-likeness (QED) is 0.456. The summed E-state index contributed by atoms with van der Waals surface area (Å²) in [6, 6.07) is 18.5. The zero-order valence-corrected chi connectivity index (χ0v) is 17.2. The molecule has 8 heteroatoms. The van der Waals surface area contributed by atoms with Gasteiger partial charge >= 0.3 is 5.97 Å². The summed E-state index contributed by atoms with van der Waals surface area (Å²) in [5, 5.41) is 5.65. The molecule has 0 bridgehead atoms. The van der Waals surface area contributed by atoms with Crippen LogP contribution in [0, 0.1) is 0 Å². The van der Waals surface area contributed by atoms with Gasteiger partial charge in [-0.2, -0.15) is 0 Å². The number of carbonyl (C=O) groups excluding carboxylic acids is 3. The Morgan fingerprint density at radius 2 is 1.66 bits per heavy atom. The minimum atomic E-state index is -0.456. The average Bonchev–Trinajstić information content (AvgIpc) is 3.25. The van der Waals surface area contributed by atoms with Crippen LogP contribution in [-0.2, 0) is 11.3 Å². The Bertz CT molecular complexity index is 1190. The van der Waals surface area contributed by atoms with Gasteiger partial charge in [0.15, 0.2) is 11.5 Å². The lowest BCUT2D eigenvalue weighted by Gasteiger charge is -2.10. The molecule has 0 saturated carbocycles. The van der Waals surface area contributed by atoms with E-state index < -0.39 is 5.97 Å². The third kappa shape index (κ3) is 5.04. The van der Waals surface area contributed by atoms with Crippen LogP contribution in [0.4, 0.5) is 5.69 Å². The molecule has 1 aliphatic heterocycles. The number of benzene rings is 3. The minimum Gasteiger partial charge on any atom is -0.454 e. The number of rotatable bonds is 6. The Morgan fingerprint density at radius 1 is 0.875 bits per heavy atom. The zero-order chi connectivity index (χ0) is 22.5. The van der Waals surface area contributed by atoms with Crippen molar-refractivity contribution in [1.82, 2.24) is 5.32 Å². The summed E-state index contributed by atoms with van der Waals surface area (Å²) >= 11 is 0. The Morgan fingerprint density at radius 3 is 2.50 bits per heavy atom. The fourth-order valence-corrected chi connectivity index (χ4v) is 3.15. The first kappa shape index (κ1) is 20.9. The minimum absolute atomic E-state index is 0.141. The molecule has 0 fully saturated rings. The lowest BCUT2D eigenvalue weighted by molar-refractivity contribution is -0.131. The molecule has 0 saturated heterocycles. The molecule has 3 aromatic rings. The van der Waals surface area contributed by atoms with Crippen LogP contribution in [-0.4, -0.2) is 24.6 Å². The summed E-state index contributed by atoms with van der Waals surface area (Å²) in [5.74, 6) is 0.394. The fourth-order valence-electron chi connectivity index (χ4n) is 3.15. The van der Waals surface area contributed by atoms with Crippen molar-refractivity contribution in [2.24, 2.45) is 0 Å². The highest BCUT2D eigenvalue weighted by atomic mass is 16.7. The second-order valence-corrected chi connectivity index (χ2v) is 7.03. The number of anilines is 1. The van der Waals surface area contributed by atoms with E-state index in [0.717, 1.165) is 5.56 Å². The van der Waals surface area contributed by atoms with Crippen LogP contribution < -0.4 is 24.8 Å². The van der Waals surface area contributed by atoms with Crippen molar-refractivity contribution in [2.75, 3.05) is 12.1 Å². The normalized spacial score (nSPS) is 11.5. The molecular weight excluding hydrogens is 412 g/mol. The predicted octanol–water partition coefficient (Wildman–Crippen LogP) is 3.52. The maximum absolute atomic E-state index is 12.6. The molecule has 2 N–H and O–H groups in total. The van der Waals surface area contributed by atoms with Gasteiger partial charge in [0.2, 0.25) is 6.79 Å². The number of amides is 2. The van der Waals surface area contributed by atoms with E-state index in [0.29, 0.717) is 34.1 Å². The van der Waals surface area contributed by atoms with E-state index in [-0.39, 0.29) is 25.2 Å². The molecular formula is C24H20N2O6. The summed E-state index contributed by atoms with van der Waals surface area (Å²) in [6.07, 6.45) is 0. The SMILES string of the molecule is CC(=O)Oc1cccc(C(=O)NCc2cccc(NC(=O)c3ccc4c(c3)OCO4)c2)c1. The van der Waals surface area contributed by atoms with Crippen molar-refractivity contribution in [3.05, 3.63) is 83.4 Å². The van der Waals surface area contributed by atoms with E-state index in [1.54, 1.807) is 54.6 Å². The first-order chi connectivity index (χ1) is 15.5.